The summed E-state index contributed by atoms with van der Waals surface area (Å²) >= 11 is 1.56. The molecule has 3 heterocycles. The third-order valence-corrected chi connectivity index (χ3v) is 5.33. The lowest BCUT2D eigenvalue weighted by Gasteiger charge is -2.43. The number of thiophene rings is 1. The fourth-order valence-electron chi connectivity index (χ4n) is 3.21. The molecule has 2 saturated heterocycles. The fourth-order valence-corrected chi connectivity index (χ4v) is 4.16. The molecule has 2 fully saturated rings. The van der Waals surface area contributed by atoms with E-state index < -0.39 is 0 Å². The summed E-state index contributed by atoms with van der Waals surface area (Å²) in [6, 6.07) is 4.52. The van der Waals surface area contributed by atoms with Crippen LogP contribution >= 0.6 is 11.3 Å². The van der Waals surface area contributed by atoms with Crippen LogP contribution in [0.4, 0.5) is 0 Å². The van der Waals surface area contributed by atoms with Gasteiger partial charge in [0, 0.05) is 37.7 Å². The molecule has 1 amide bonds. The number of methoxy groups -OCH3 is 1. The van der Waals surface area contributed by atoms with Gasteiger partial charge >= 0.3 is 0 Å². The molecule has 110 valence electrons. The third-order valence-electron chi connectivity index (χ3n) is 4.28. The fraction of sp³-hybridized carbons (Fsp3) is 0.667. The van der Waals surface area contributed by atoms with Gasteiger partial charge in [-0.05, 0) is 31.5 Å². The molecule has 1 aromatic rings. The second kappa shape index (κ2) is 6.24. The van der Waals surface area contributed by atoms with E-state index in [0.717, 1.165) is 29.4 Å². The molecule has 4 nitrogen and oxygen atoms in total. The molecule has 0 saturated carbocycles. The van der Waals surface area contributed by atoms with Gasteiger partial charge in [-0.15, -0.1) is 11.3 Å². The molecular weight excluding hydrogens is 272 g/mol. The number of carbonyl (C=O) groups is 1. The van der Waals surface area contributed by atoms with E-state index in [9.17, 15) is 4.79 Å². The smallest absolute Gasteiger partial charge is 0.264 e. The highest BCUT2D eigenvalue weighted by Gasteiger charge is 2.31. The SMILES string of the molecule is COCc1ccc(C(=O)N2CCN3CCCC[C@@H]3C2)s1. The average Bonchev–Trinajstić information content (AvgIpc) is 2.95. The quantitative estimate of drug-likeness (QED) is 0.857. The predicted molar refractivity (Wildman–Crippen MR) is 80.1 cm³/mol. The maximum absolute atomic E-state index is 12.6. The lowest BCUT2D eigenvalue weighted by molar-refractivity contribution is 0.0376. The number of amides is 1. The van der Waals surface area contributed by atoms with Gasteiger partial charge in [-0.25, -0.2) is 0 Å². The van der Waals surface area contributed by atoms with E-state index in [-0.39, 0.29) is 5.91 Å². The Hall–Kier alpha value is -0.910. The van der Waals surface area contributed by atoms with Crippen LogP contribution in [0.2, 0.25) is 0 Å². The van der Waals surface area contributed by atoms with Crippen molar-refractivity contribution in [3.8, 4) is 0 Å². The van der Waals surface area contributed by atoms with Crippen LogP contribution < -0.4 is 0 Å². The normalized spacial score (nSPS) is 23.6. The zero-order chi connectivity index (χ0) is 13.9. The highest BCUT2D eigenvalue weighted by Crippen LogP contribution is 2.24. The summed E-state index contributed by atoms with van der Waals surface area (Å²) in [5, 5.41) is 0. The first-order valence-electron chi connectivity index (χ1n) is 7.39. The molecule has 5 heteroatoms. The Morgan fingerprint density at radius 3 is 3.10 bits per heavy atom. The van der Waals surface area contributed by atoms with Crippen LogP contribution in [0.5, 0.6) is 0 Å². The van der Waals surface area contributed by atoms with Crippen LogP contribution in [0.1, 0.15) is 33.8 Å². The second-order valence-corrected chi connectivity index (χ2v) is 6.80. The monoisotopic (exact) mass is 294 g/mol. The molecule has 0 radical (unpaired) electrons. The first-order valence-corrected chi connectivity index (χ1v) is 8.20. The first kappa shape index (κ1) is 14.0. The molecule has 0 spiro atoms. The summed E-state index contributed by atoms with van der Waals surface area (Å²) in [6.45, 7) is 4.61. The standard InChI is InChI=1S/C15H22N2O2S/c1-19-11-13-5-6-14(20-13)15(18)17-9-8-16-7-3-2-4-12(16)10-17/h5-6,12H,2-4,7-11H2,1H3/t12-/m1/s1. The molecule has 1 atom stereocenters. The van der Waals surface area contributed by atoms with Crippen molar-refractivity contribution in [1.82, 2.24) is 9.80 Å². The average molecular weight is 294 g/mol. The van der Waals surface area contributed by atoms with Gasteiger partial charge in [-0.3, -0.25) is 9.69 Å². The molecule has 2 aliphatic rings. The number of ether oxygens (including phenoxy) is 1. The van der Waals surface area contributed by atoms with Gasteiger partial charge in [0.05, 0.1) is 11.5 Å². The number of piperidine rings is 1. The van der Waals surface area contributed by atoms with Gasteiger partial charge < -0.3 is 9.64 Å². The third kappa shape index (κ3) is 2.90. The van der Waals surface area contributed by atoms with Gasteiger partial charge in [0.25, 0.3) is 5.91 Å². The van der Waals surface area contributed by atoms with Crippen LogP contribution in [-0.4, -0.2) is 55.0 Å². The van der Waals surface area contributed by atoms with Crippen molar-refractivity contribution >= 4 is 17.2 Å². The lowest BCUT2D eigenvalue weighted by atomic mass is 9.99. The van der Waals surface area contributed by atoms with Crippen LogP contribution in [0.15, 0.2) is 12.1 Å². The molecule has 2 aliphatic heterocycles. The molecule has 20 heavy (non-hydrogen) atoms. The zero-order valence-electron chi connectivity index (χ0n) is 12.0. The van der Waals surface area contributed by atoms with E-state index in [2.05, 4.69) is 4.90 Å². The summed E-state index contributed by atoms with van der Waals surface area (Å²) in [5.41, 5.74) is 0. The van der Waals surface area contributed by atoms with Crippen LogP contribution in [0, 0.1) is 0 Å². The van der Waals surface area contributed by atoms with Gasteiger partial charge in [0.15, 0.2) is 0 Å². The lowest BCUT2D eigenvalue weighted by Crippen LogP contribution is -2.56. The Morgan fingerprint density at radius 2 is 2.25 bits per heavy atom. The van der Waals surface area contributed by atoms with E-state index in [0.29, 0.717) is 12.6 Å². The van der Waals surface area contributed by atoms with Crippen LogP contribution in [0.25, 0.3) is 0 Å². The first-order chi connectivity index (χ1) is 9.78. The summed E-state index contributed by atoms with van der Waals surface area (Å²) < 4.78 is 5.12. The topological polar surface area (TPSA) is 32.8 Å². The Morgan fingerprint density at radius 1 is 1.35 bits per heavy atom. The van der Waals surface area contributed by atoms with Crippen LogP contribution in [-0.2, 0) is 11.3 Å². The minimum atomic E-state index is 0.197. The number of carbonyl (C=O) groups excluding carboxylic acids is 1. The number of nitrogens with zero attached hydrogens (tertiary/aromatic N) is 2. The summed E-state index contributed by atoms with van der Waals surface area (Å²) in [7, 11) is 1.68. The van der Waals surface area contributed by atoms with E-state index >= 15 is 0 Å². The summed E-state index contributed by atoms with van der Waals surface area (Å²) in [4.78, 5) is 19.1. The number of piperazine rings is 1. The second-order valence-electron chi connectivity index (χ2n) is 5.64. The molecule has 0 aromatic carbocycles. The minimum Gasteiger partial charge on any atom is -0.379 e. The number of hydrogen-bond acceptors (Lipinski definition) is 4. The molecule has 0 N–H and O–H groups in total. The van der Waals surface area contributed by atoms with Gasteiger partial charge in [0.2, 0.25) is 0 Å². The van der Waals surface area contributed by atoms with E-state index in [1.165, 1.54) is 25.8 Å². The highest BCUT2D eigenvalue weighted by atomic mass is 32.1. The largest absolute Gasteiger partial charge is 0.379 e. The molecule has 0 unspecified atom stereocenters. The van der Waals surface area contributed by atoms with Crippen LogP contribution in [0.3, 0.4) is 0 Å². The van der Waals surface area contributed by atoms with Crippen molar-refractivity contribution in [3.05, 3.63) is 21.9 Å². The van der Waals surface area contributed by atoms with Crippen molar-refractivity contribution in [2.75, 3.05) is 33.3 Å². The molecule has 0 bridgehead atoms. The highest BCUT2D eigenvalue weighted by molar-refractivity contribution is 7.14. The van der Waals surface area contributed by atoms with E-state index in [1.807, 2.05) is 17.0 Å². The van der Waals surface area contributed by atoms with E-state index in [1.54, 1.807) is 18.4 Å². The summed E-state index contributed by atoms with van der Waals surface area (Å²) in [5.74, 6) is 0.197. The molecule has 1 aromatic heterocycles. The molecule has 3 rings (SSSR count). The Labute approximate surface area is 124 Å². The van der Waals surface area contributed by atoms with Crippen molar-refractivity contribution in [2.24, 2.45) is 0 Å². The molecular formula is C15H22N2O2S. The van der Waals surface area contributed by atoms with Crippen molar-refractivity contribution < 1.29 is 9.53 Å². The maximum atomic E-state index is 12.6. The number of hydrogen-bond donors (Lipinski definition) is 0. The predicted octanol–water partition coefficient (Wildman–Crippen LogP) is 2.20. The maximum Gasteiger partial charge on any atom is 0.264 e. The number of rotatable bonds is 3. The van der Waals surface area contributed by atoms with Crippen molar-refractivity contribution in [3.63, 3.8) is 0 Å². The zero-order valence-corrected chi connectivity index (χ0v) is 12.8. The van der Waals surface area contributed by atoms with Gasteiger partial charge in [-0.1, -0.05) is 6.42 Å². The van der Waals surface area contributed by atoms with Gasteiger partial charge in [-0.2, -0.15) is 0 Å². The van der Waals surface area contributed by atoms with Crippen molar-refractivity contribution in [1.29, 1.82) is 0 Å². The number of fused-ring (bicyclic) bond motifs is 1. The van der Waals surface area contributed by atoms with E-state index in [4.69, 9.17) is 4.74 Å². The summed E-state index contributed by atoms with van der Waals surface area (Å²) in [6.07, 6.45) is 3.86. The Balaban J connectivity index is 1.64. The molecule has 0 aliphatic carbocycles. The Kier molecular flexibility index (Phi) is 4.38. The Bertz CT molecular complexity index is 474. The minimum absolute atomic E-state index is 0.197. The van der Waals surface area contributed by atoms with Crippen molar-refractivity contribution in [2.45, 2.75) is 31.9 Å². The van der Waals surface area contributed by atoms with Gasteiger partial charge in [0.1, 0.15) is 0 Å².